The highest BCUT2D eigenvalue weighted by molar-refractivity contribution is 6.31. The van der Waals surface area contributed by atoms with Crippen LogP contribution in [0.15, 0.2) is 36.9 Å². The Morgan fingerprint density at radius 2 is 2.12 bits per heavy atom. The molecule has 0 spiro atoms. The zero-order valence-electron chi connectivity index (χ0n) is 13.8. The van der Waals surface area contributed by atoms with Gasteiger partial charge in [-0.3, -0.25) is 0 Å². The second-order valence-electron chi connectivity index (χ2n) is 5.45. The summed E-state index contributed by atoms with van der Waals surface area (Å²) in [7, 11) is 0. The van der Waals surface area contributed by atoms with E-state index in [9.17, 15) is 5.26 Å². The smallest absolute Gasteiger partial charge is 0.222 e. The van der Waals surface area contributed by atoms with Gasteiger partial charge in [0.05, 0.1) is 18.6 Å². The van der Waals surface area contributed by atoms with Crippen LogP contribution in [-0.2, 0) is 6.54 Å². The molecule has 0 saturated carbocycles. The first-order valence-electron chi connectivity index (χ1n) is 7.80. The molecule has 3 rings (SSSR count). The number of hydrogen-bond donors (Lipinski definition) is 2. The van der Waals surface area contributed by atoms with Gasteiger partial charge in [0.25, 0.3) is 0 Å². The number of nitrogens with two attached hydrogens (primary N) is 2. The predicted molar refractivity (Wildman–Crippen MR) is 98.4 cm³/mol. The normalized spacial score (nSPS) is 10.5. The van der Waals surface area contributed by atoms with Crippen LogP contribution in [0, 0.1) is 11.3 Å². The molecule has 4 N–H and O–H groups in total. The molecule has 0 unspecified atom stereocenters. The fourth-order valence-electron chi connectivity index (χ4n) is 2.46. The second-order valence-corrected chi connectivity index (χ2v) is 5.88. The van der Waals surface area contributed by atoms with E-state index in [2.05, 4.69) is 15.0 Å². The van der Waals surface area contributed by atoms with Crippen LogP contribution in [0.1, 0.15) is 12.0 Å². The van der Waals surface area contributed by atoms with Gasteiger partial charge in [0.2, 0.25) is 5.95 Å². The number of imidazole rings is 1. The summed E-state index contributed by atoms with van der Waals surface area (Å²) in [6.07, 6.45) is 6.14. The maximum Gasteiger partial charge on any atom is 0.222 e. The maximum absolute atomic E-state index is 9.40. The lowest BCUT2D eigenvalue weighted by Crippen LogP contribution is -2.07. The number of nitrogen functional groups attached to an aromatic ring is 2. The zero-order chi connectivity index (χ0) is 18.5. The average molecular weight is 370 g/mol. The van der Waals surface area contributed by atoms with Crippen LogP contribution < -0.4 is 16.2 Å². The minimum atomic E-state index is -0.0254. The number of hydrogen-bond acceptors (Lipinski definition) is 7. The zero-order valence-corrected chi connectivity index (χ0v) is 14.5. The van der Waals surface area contributed by atoms with E-state index in [0.717, 1.165) is 13.0 Å². The molecule has 0 aliphatic rings. The van der Waals surface area contributed by atoms with E-state index in [1.54, 1.807) is 30.7 Å². The Kier molecular flexibility index (Phi) is 5.20. The summed E-state index contributed by atoms with van der Waals surface area (Å²) < 4.78 is 7.84. The minimum Gasteiger partial charge on any atom is -0.493 e. The van der Waals surface area contributed by atoms with E-state index in [0.29, 0.717) is 28.6 Å². The van der Waals surface area contributed by atoms with Crippen LogP contribution in [0.3, 0.4) is 0 Å². The largest absolute Gasteiger partial charge is 0.493 e. The highest BCUT2D eigenvalue weighted by atomic mass is 35.5. The lowest BCUT2D eigenvalue weighted by atomic mass is 10.1. The molecular formula is C17H16ClN7O. The number of benzene rings is 1. The maximum atomic E-state index is 9.40. The Morgan fingerprint density at radius 1 is 1.27 bits per heavy atom. The average Bonchev–Trinajstić information content (AvgIpc) is 3.12. The Labute approximate surface area is 155 Å². The first kappa shape index (κ1) is 17.5. The SMILES string of the molecule is N#Cc1c(N)nc(N)nc1-c1cc(Cl)ccc1OCCCn1ccnc1. The van der Waals surface area contributed by atoms with Gasteiger partial charge in [-0.25, -0.2) is 9.97 Å². The molecule has 132 valence electrons. The molecule has 0 aliphatic carbocycles. The number of ether oxygens (including phenoxy) is 1. The number of rotatable bonds is 6. The molecule has 26 heavy (non-hydrogen) atoms. The van der Waals surface area contributed by atoms with Gasteiger partial charge in [-0.15, -0.1) is 0 Å². The van der Waals surface area contributed by atoms with E-state index in [1.165, 1.54) is 0 Å². The molecule has 0 saturated heterocycles. The summed E-state index contributed by atoms with van der Waals surface area (Å²) >= 11 is 6.12. The Morgan fingerprint density at radius 3 is 2.85 bits per heavy atom. The van der Waals surface area contributed by atoms with Crippen molar-refractivity contribution in [1.29, 1.82) is 5.26 Å². The molecule has 0 atom stereocenters. The lowest BCUT2D eigenvalue weighted by Gasteiger charge is -2.13. The Balaban J connectivity index is 1.86. The summed E-state index contributed by atoms with van der Waals surface area (Å²) in [6, 6.07) is 7.10. The predicted octanol–water partition coefficient (Wildman–Crippen LogP) is 2.50. The van der Waals surface area contributed by atoms with E-state index in [1.807, 2.05) is 16.8 Å². The van der Waals surface area contributed by atoms with Crippen LogP contribution in [-0.4, -0.2) is 26.1 Å². The molecule has 0 fully saturated rings. The molecule has 9 heteroatoms. The van der Waals surface area contributed by atoms with Crippen LogP contribution in [0.2, 0.25) is 5.02 Å². The van der Waals surface area contributed by atoms with Crippen molar-refractivity contribution in [3.05, 3.63) is 47.5 Å². The number of nitriles is 1. The van der Waals surface area contributed by atoms with Crippen molar-refractivity contribution in [3.63, 3.8) is 0 Å². The number of aromatic nitrogens is 4. The molecule has 1 aromatic carbocycles. The van der Waals surface area contributed by atoms with Crippen molar-refractivity contribution < 1.29 is 4.74 Å². The third-order valence-corrected chi connectivity index (χ3v) is 3.88. The molecule has 2 aromatic heterocycles. The monoisotopic (exact) mass is 369 g/mol. The van der Waals surface area contributed by atoms with Crippen LogP contribution in [0.5, 0.6) is 5.75 Å². The second kappa shape index (κ2) is 7.72. The molecular weight excluding hydrogens is 354 g/mol. The summed E-state index contributed by atoms with van der Waals surface area (Å²) in [5, 5.41) is 9.88. The quantitative estimate of drug-likeness (QED) is 0.638. The van der Waals surface area contributed by atoms with Gasteiger partial charge in [0, 0.05) is 29.5 Å². The van der Waals surface area contributed by atoms with Gasteiger partial charge in [0.15, 0.2) is 0 Å². The standard InChI is InChI=1S/C17H16ClN7O/c18-11-2-3-14(26-7-1-5-25-6-4-22-10-25)12(8-11)15-13(9-19)16(20)24-17(21)23-15/h2-4,6,8,10H,1,5,7H2,(H4,20,21,23,24). The molecule has 0 bridgehead atoms. The van der Waals surface area contributed by atoms with Crippen molar-refractivity contribution in [2.45, 2.75) is 13.0 Å². The molecule has 3 aromatic rings. The third kappa shape index (κ3) is 3.84. The van der Waals surface area contributed by atoms with Gasteiger partial charge in [-0.1, -0.05) is 11.6 Å². The van der Waals surface area contributed by atoms with Gasteiger partial charge >= 0.3 is 0 Å². The van der Waals surface area contributed by atoms with E-state index in [-0.39, 0.29) is 17.3 Å². The molecule has 8 nitrogen and oxygen atoms in total. The number of anilines is 2. The third-order valence-electron chi connectivity index (χ3n) is 3.64. The Bertz CT molecular complexity index is 950. The molecule has 0 amide bonds. The highest BCUT2D eigenvalue weighted by Crippen LogP contribution is 2.35. The minimum absolute atomic E-state index is 0.0148. The first-order valence-corrected chi connectivity index (χ1v) is 8.18. The van der Waals surface area contributed by atoms with Gasteiger partial charge in [-0.05, 0) is 24.6 Å². The Hall–Kier alpha value is -3.31. The molecule has 0 radical (unpaired) electrons. The highest BCUT2D eigenvalue weighted by Gasteiger charge is 2.17. The first-order chi connectivity index (χ1) is 12.6. The van der Waals surface area contributed by atoms with Crippen LogP contribution in [0.4, 0.5) is 11.8 Å². The molecule has 2 heterocycles. The van der Waals surface area contributed by atoms with Crippen molar-refractivity contribution in [3.8, 4) is 23.1 Å². The van der Waals surface area contributed by atoms with Crippen LogP contribution >= 0.6 is 11.6 Å². The van der Waals surface area contributed by atoms with Crippen molar-refractivity contribution in [2.24, 2.45) is 0 Å². The van der Waals surface area contributed by atoms with E-state index < -0.39 is 0 Å². The van der Waals surface area contributed by atoms with Crippen molar-refractivity contribution in [1.82, 2.24) is 19.5 Å². The molecule has 0 aliphatic heterocycles. The summed E-state index contributed by atoms with van der Waals surface area (Å²) in [5.41, 5.74) is 12.5. The van der Waals surface area contributed by atoms with Crippen molar-refractivity contribution in [2.75, 3.05) is 18.1 Å². The lowest BCUT2D eigenvalue weighted by molar-refractivity contribution is 0.303. The number of nitrogens with zero attached hydrogens (tertiary/aromatic N) is 5. The van der Waals surface area contributed by atoms with Gasteiger partial charge < -0.3 is 20.8 Å². The van der Waals surface area contributed by atoms with Gasteiger partial charge in [0.1, 0.15) is 23.2 Å². The van der Waals surface area contributed by atoms with Gasteiger partial charge in [-0.2, -0.15) is 10.2 Å². The summed E-state index contributed by atoms with van der Waals surface area (Å²) in [4.78, 5) is 12.0. The summed E-state index contributed by atoms with van der Waals surface area (Å²) in [6.45, 7) is 1.24. The van der Waals surface area contributed by atoms with Crippen LogP contribution in [0.25, 0.3) is 11.3 Å². The number of aryl methyl sites for hydroxylation is 1. The number of halogens is 1. The van der Waals surface area contributed by atoms with E-state index >= 15 is 0 Å². The van der Waals surface area contributed by atoms with E-state index in [4.69, 9.17) is 27.8 Å². The fourth-order valence-corrected chi connectivity index (χ4v) is 2.63. The fraction of sp³-hybridized carbons (Fsp3) is 0.176. The summed E-state index contributed by atoms with van der Waals surface area (Å²) in [5.74, 6) is 0.526. The topological polar surface area (TPSA) is 129 Å². The van der Waals surface area contributed by atoms with Crippen molar-refractivity contribution >= 4 is 23.4 Å².